The fourth-order valence-corrected chi connectivity index (χ4v) is 2.02. The zero-order valence-corrected chi connectivity index (χ0v) is 17.0. The molecule has 0 aliphatic heterocycles. The zero-order chi connectivity index (χ0) is 20.8. The Morgan fingerprint density at radius 2 is 1.93 bits per heavy atom. The number of hydrogen-bond donors (Lipinski definition) is 3. The summed E-state index contributed by atoms with van der Waals surface area (Å²) in [7, 11) is 0. The molecule has 1 aromatic heterocycles. The van der Waals surface area contributed by atoms with Crippen LogP contribution in [-0.4, -0.2) is 44.7 Å². The molecule has 1 rings (SSSR count). The molecule has 152 valence electrons. The number of ether oxygens (including phenoxy) is 1. The van der Waals surface area contributed by atoms with Gasteiger partial charge < -0.3 is 20.7 Å². The van der Waals surface area contributed by atoms with Crippen LogP contribution in [0.4, 0.5) is 22.2 Å². The molecule has 0 bridgehead atoms. The normalized spacial score (nSPS) is 12.9. The van der Waals surface area contributed by atoms with Gasteiger partial charge >= 0.3 is 11.8 Å². The van der Waals surface area contributed by atoms with Gasteiger partial charge in [-0.05, 0) is 54.9 Å². The zero-order valence-electron chi connectivity index (χ0n) is 17.0. The number of nitrogens with zero attached hydrogens (tertiary/aromatic N) is 3. The number of nitrogens with one attached hydrogen (secondary N) is 3. The molecule has 3 N–H and O–H groups in total. The molecule has 1 heterocycles. The minimum absolute atomic E-state index is 0.131. The van der Waals surface area contributed by atoms with Gasteiger partial charge in [0, 0.05) is 18.1 Å². The third-order valence-electron chi connectivity index (χ3n) is 3.09. The molecule has 1 unspecified atom stereocenters. The first-order valence-corrected chi connectivity index (χ1v) is 8.80. The molecule has 10 nitrogen and oxygen atoms in total. The highest BCUT2D eigenvalue weighted by atomic mass is 16.6. The lowest BCUT2D eigenvalue weighted by atomic mass is 10.1. The molecule has 10 heteroatoms. The molecule has 0 aromatic carbocycles. The molecule has 0 aliphatic carbocycles. The topological polar surface area (TPSA) is 131 Å². The molecule has 0 radical (unpaired) electrons. The summed E-state index contributed by atoms with van der Waals surface area (Å²) in [5, 5.41) is 19.9. The number of rotatable bonds is 7. The van der Waals surface area contributed by atoms with E-state index in [1.807, 2.05) is 27.7 Å². The molecule has 27 heavy (non-hydrogen) atoms. The Hall–Kier alpha value is -2.65. The highest BCUT2D eigenvalue weighted by molar-refractivity contribution is 5.68. The molecule has 0 saturated carbocycles. The Morgan fingerprint density at radius 1 is 1.30 bits per heavy atom. The Labute approximate surface area is 159 Å². The van der Waals surface area contributed by atoms with Crippen LogP contribution in [0.1, 0.15) is 54.9 Å². The van der Waals surface area contributed by atoms with Gasteiger partial charge in [-0.3, -0.25) is 10.1 Å². The molecule has 0 fully saturated rings. The quantitative estimate of drug-likeness (QED) is 0.483. The fourth-order valence-electron chi connectivity index (χ4n) is 2.02. The van der Waals surface area contributed by atoms with Crippen LogP contribution in [-0.2, 0) is 4.74 Å². The largest absolute Gasteiger partial charge is 0.444 e. The number of carbonyl (C=O) groups excluding carboxylic acids is 1. The Kier molecular flexibility index (Phi) is 7.32. The van der Waals surface area contributed by atoms with E-state index in [4.69, 9.17) is 4.74 Å². The minimum atomic E-state index is -0.569. The summed E-state index contributed by atoms with van der Waals surface area (Å²) in [5.74, 6) is 0.432. The second kappa shape index (κ2) is 8.83. The van der Waals surface area contributed by atoms with Gasteiger partial charge in [-0.25, -0.2) is 9.78 Å². The average molecular weight is 382 g/mol. The van der Waals surface area contributed by atoms with Crippen LogP contribution < -0.4 is 16.0 Å². The van der Waals surface area contributed by atoms with Gasteiger partial charge in [0.25, 0.3) is 0 Å². The standard InChI is InChI=1S/C17H30N6O4/c1-11(20-15(24)27-17(5,6)7)8-9-18-13-12(23(25)26)10-19-14(21-13)22-16(2,3)4/h10-11H,8-9H2,1-7H3,(H,20,24)(H2,18,19,21,22). The predicted octanol–water partition coefficient (Wildman–Crippen LogP) is 3.31. The van der Waals surface area contributed by atoms with Crippen molar-refractivity contribution in [1.29, 1.82) is 0 Å². The van der Waals surface area contributed by atoms with Crippen molar-refractivity contribution >= 4 is 23.5 Å². The van der Waals surface area contributed by atoms with Gasteiger partial charge in [0.1, 0.15) is 11.8 Å². The molecule has 0 spiro atoms. The van der Waals surface area contributed by atoms with E-state index in [1.54, 1.807) is 20.8 Å². The van der Waals surface area contributed by atoms with E-state index in [0.29, 0.717) is 18.9 Å². The fraction of sp³-hybridized carbons (Fsp3) is 0.706. The van der Waals surface area contributed by atoms with Crippen molar-refractivity contribution in [3.05, 3.63) is 16.3 Å². The van der Waals surface area contributed by atoms with Crippen molar-refractivity contribution in [2.75, 3.05) is 17.2 Å². The van der Waals surface area contributed by atoms with Crippen LogP contribution in [0.5, 0.6) is 0 Å². The van der Waals surface area contributed by atoms with Gasteiger partial charge in [0.05, 0.1) is 4.92 Å². The van der Waals surface area contributed by atoms with Crippen LogP contribution in [0.2, 0.25) is 0 Å². The van der Waals surface area contributed by atoms with Crippen molar-refractivity contribution in [2.24, 2.45) is 0 Å². The van der Waals surface area contributed by atoms with Crippen LogP contribution in [0.3, 0.4) is 0 Å². The number of aromatic nitrogens is 2. The molecular weight excluding hydrogens is 352 g/mol. The first kappa shape index (κ1) is 22.4. The second-order valence-electron chi connectivity index (χ2n) is 8.32. The van der Waals surface area contributed by atoms with E-state index >= 15 is 0 Å². The number of anilines is 2. The molecule has 0 saturated heterocycles. The molecule has 0 aliphatic rings. The number of hydrogen-bond acceptors (Lipinski definition) is 8. The van der Waals surface area contributed by atoms with Crippen molar-refractivity contribution in [1.82, 2.24) is 15.3 Å². The summed E-state index contributed by atoms with van der Waals surface area (Å²) >= 11 is 0. The molecular formula is C17H30N6O4. The lowest BCUT2D eigenvalue weighted by Crippen LogP contribution is -2.38. The Bertz CT molecular complexity index is 666. The van der Waals surface area contributed by atoms with E-state index in [0.717, 1.165) is 0 Å². The lowest BCUT2D eigenvalue weighted by molar-refractivity contribution is -0.384. The summed E-state index contributed by atoms with van der Waals surface area (Å²) in [4.78, 5) is 30.6. The van der Waals surface area contributed by atoms with Crippen LogP contribution >= 0.6 is 0 Å². The number of nitro groups is 1. The molecule has 1 aromatic rings. The molecule has 1 amide bonds. The van der Waals surface area contributed by atoms with Crippen LogP contribution in [0, 0.1) is 10.1 Å². The van der Waals surface area contributed by atoms with Gasteiger partial charge in [-0.1, -0.05) is 0 Å². The van der Waals surface area contributed by atoms with E-state index in [2.05, 4.69) is 25.9 Å². The Balaban J connectivity index is 2.67. The van der Waals surface area contributed by atoms with E-state index in [-0.39, 0.29) is 23.1 Å². The summed E-state index contributed by atoms with van der Waals surface area (Å²) in [6, 6.07) is -0.180. The summed E-state index contributed by atoms with van der Waals surface area (Å²) in [6.07, 6.45) is 1.20. The van der Waals surface area contributed by atoms with Crippen LogP contribution in [0.25, 0.3) is 0 Å². The van der Waals surface area contributed by atoms with Gasteiger partial charge in [-0.2, -0.15) is 4.98 Å². The van der Waals surface area contributed by atoms with Crippen molar-refractivity contribution in [3.63, 3.8) is 0 Å². The summed E-state index contributed by atoms with van der Waals surface area (Å²) in [6.45, 7) is 13.4. The third-order valence-corrected chi connectivity index (χ3v) is 3.09. The second-order valence-corrected chi connectivity index (χ2v) is 8.32. The highest BCUT2D eigenvalue weighted by Gasteiger charge is 2.20. The first-order valence-electron chi connectivity index (χ1n) is 8.80. The average Bonchev–Trinajstić information content (AvgIpc) is 2.42. The van der Waals surface area contributed by atoms with E-state index < -0.39 is 16.6 Å². The van der Waals surface area contributed by atoms with Crippen LogP contribution in [0.15, 0.2) is 6.20 Å². The van der Waals surface area contributed by atoms with Gasteiger partial charge in [0.2, 0.25) is 11.8 Å². The van der Waals surface area contributed by atoms with Crippen molar-refractivity contribution < 1.29 is 14.5 Å². The smallest absolute Gasteiger partial charge is 0.407 e. The highest BCUT2D eigenvalue weighted by Crippen LogP contribution is 2.23. The summed E-state index contributed by atoms with van der Waals surface area (Å²) in [5.41, 5.74) is -1.05. The van der Waals surface area contributed by atoms with Gasteiger partial charge in [-0.15, -0.1) is 0 Å². The van der Waals surface area contributed by atoms with E-state index in [1.165, 1.54) is 6.20 Å². The molecule has 1 atom stereocenters. The summed E-state index contributed by atoms with van der Waals surface area (Å²) < 4.78 is 5.20. The maximum absolute atomic E-state index is 11.8. The van der Waals surface area contributed by atoms with Crippen molar-refractivity contribution in [2.45, 2.75) is 72.1 Å². The third kappa shape index (κ3) is 9.02. The lowest BCUT2D eigenvalue weighted by Gasteiger charge is -2.22. The monoisotopic (exact) mass is 382 g/mol. The van der Waals surface area contributed by atoms with E-state index in [9.17, 15) is 14.9 Å². The Morgan fingerprint density at radius 3 is 2.44 bits per heavy atom. The predicted molar refractivity (Wildman–Crippen MR) is 104 cm³/mol. The minimum Gasteiger partial charge on any atom is -0.444 e. The SMILES string of the molecule is CC(CCNc1nc(NC(C)(C)C)ncc1[N+](=O)[O-])NC(=O)OC(C)(C)C. The maximum Gasteiger partial charge on any atom is 0.407 e. The number of carbonyl (C=O) groups is 1. The number of alkyl carbamates (subject to hydrolysis) is 1. The van der Waals surface area contributed by atoms with Gasteiger partial charge in [0.15, 0.2) is 0 Å². The van der Waals surface area contributed by atoms with Crippen molar-refractivity contribution in [3.8, 4) is 0 Å². The maximum atomic E-state index is 11.8. The number of amides is 1. The first-order chi connectivity index (χ1) is 12.3.